The topological polar surface area (TPSA) is 35.9 Å². The van der Waals surface area contributed by atoms with Gasteiger partial charge in [0.1, 0.15) is 0 Å². The number of allylic oxidation sites excluding steroid dienone is 1. The van der Waals surface area contributed by atoms with Crippen LogP contribution in [0.15, 0.2) is 24.9 Å². The van der Waals surface area contributed by atoms with Crippen molar-refractivity contribution in [2.45, 2.75) is 0 Å². The molecule has 0 aromatic rings. The lowest BCUT2D eigenvalue weighted by Crippen LogP contribution is -2.13. The highest BCUT2D eigenvalue weighted by atomic mass is 27.1. The van der Waals surface area contributed by atoms with Crippen LogP contribution < -0.4 is 4.30 Å². The largest absolute Gasteiger partial charge is 0.490 e. The summed E-state index contributed by atoms with van der Waals surface area (Å²) >= 11 is 2.25. The first-order chi connectivity index (χ1) is 3.72. The summed E-state index contributed by atoms with van der Waals surface area (Å²) in [6.07, 6.45) is 1.43. The summed E-state index contributed by atoms with van der Waals surface area (Å²) in [7, 11) is 0. The molecule has 0 bridgehead atoms. The van der Waals surface area contributed by atoms with Crippen LogP contribution >= 0.6 is 0 Å². The molecule has 0 aliphatic heterocycles. The van der Waals surface area contributed by atoms with Crippen LogP contribution in [0.5, 0.6) is 0 Å². The van der Waals surface area contributed by atoms with Gasteiger partial charge in [-0.1, -0.05) is 13.2 Å². The third-order valence-corrected chi connectivity index (χ3v) is 1.05. The molecule has 2 nitrogen and oxygen atoms in total. The van der Waals surface area contributed by atoms with Gasteiger partial charge in [-0.3, -0.25) is 5.41 Å². The highest BCUT2D eigenvalue weighted by molar-refractivity contribution is 6.14. The van der Waals surface area contributed by atoms with Gasteiger partial charge in [-0.25, -0.2) is 0 Å². The van der Waals surface area contributed by atoms with Gasteiger partial charge in [0.05, 0.1) is 5.71 Å². The number of rotatable bonds is 3. The Balaban J connectivity index is 3.82. The van der Waals surface area contributed by atoms with Crippen molar-refractivity contribution in [3.05, 3.63) is 24.9 Å². The molecule has 40 valence electrons. The molecule has 2 radical (unpaired) electrons. The number of hydrogen-bond acceptors (Lipinski definition) is 2. The predicted molar refractivity (Wildman–Crippen MR) is 36.0 cm³/mol. The maximum absolute atomic E-state index is 7.05. The molecular weight excluding hydrogens is 115 g/mol. The Morgan fingerprint density at radius 3 is 2.38 bits per heavy atom. The molecule has 0 aliphatic rings. The molecule has 0 amide bonds. The van der Waals surface area contributed by atoms with E-state index in [0.717, 1.165) is 0 Å². The summed E-state index contributed by atoms with van der Waals surface area (Å²) in [6, 6.07) is 0. The zero-order valence-electron chi connectivity index (χ0n) is 4.57. The van der Waals surface area contributed by atoms with Gasteiger partial charge >= 0.3 is 16.5 Å². The van der Waals surface area contributed by atoms with Crippen LogP contribution in [0.4, 0.5) is 0 Å². The van der Waals surface area contributed by atoms with Crippen molar-refractivity contribution in [2.24, 2.45) is 0 Å². The van der Waals surface area contributed by atoms with E-state index in [1.807, 2.05) is 0 Å². The minimum Gasteiger partial charge on any atom is -0.490 e. The lowest BCUT2D eigenvalue weighted by molar-refractivity contribution is 1.29. The Morgan fingerprint density at radius 2 is 2.25 bits per heavy atom. The molecule has 0 rings (SSSR count). The first-order valence-electron chi connectivity index (χ1n) is 2.09. The van der Waals surface area contributed by atoms with Gasteiger partial charge < -0.3 is 4.30 Å². The Hall–Kier alpha value is -0.518. The third kappa shape index (κ3) is 1.97. The van der Waals surface area contributed by atoms with Gasteiger partial charge in [-0.15, -0.1) is 0 Å². The molecule has 0 fully saturated rings. The molecule has 2 N–H and O–H groups in total. The summed E-state index contributed by atoms with van der Waals surface area (Å²) in [4.78, 5) is 0. The highest BCUT2D eigenvalue weighted by Crippen LogP contribution is 1.84. The van der Waals surface area contributed by atoms with Crippen molar-refractivity contribution in [3.63, 3.8) is 0 Å². The van der Waals surface area contributed by atoms with E-state index >= 15 is 0 Å². The van der Waals surface area contributed by atoms with Gasteiger partial charge in [-0.2, -0.15) is 0 Å². The molecule has 0 aliphatic carbocycles. The zero-order valence-corrected chi connectivity index (χ0v) is 5.72. The lowest BCUT2D eigenvalue weighted by Gasteiger charge is -2.00. The summed E-state index contributed by atoms with van der Waals surface area (Å²) < 4.78 is 2.64. The fourth-order valence-corrected chi connectivity index (χ4v) is 0.356. The van der Waals surface area contributed by atoms with E-state index in [4.69, 9.17) is 5.41 Å². The monoisotopic (exact) mass is 122 g/mol. The lowest BCUT2D eigenvalue weighted by atomic mass is 10.3. The maximum Gasteiger partial charge on any atom is 0.305 e. The summed E-state index contributed by atoms with van der Waals surface area (Å²) in [6.45, 7) is 6.91. The van der Waals surface area contributed by atoms with Crippen LogP contribution in [0, 0.1) is 5.41 Å². The summed E-state index contributed by atoms with van der Waals surface area (Å²) in [5.41, 5.74) is 0.880. The van der Waals surface area contributed by atoms with Crippen LogP contribution in [0.3, 0.4) is 0 Å². The number of nitrogens with one attached hydrogen (secondary N) is 2. The van der Waals surface area contributed by atoms with Gasteiger partial charge in [0.2, 0.25) is 0 Å². The predicted octanol–water partition coefficient (Wildman–Crippen LogP) is 0.379. The van der Waals surface area contributed by atoms with Crippen molar-refractivity contribution in [1.29, 1.82) is 5.41 Å². The van der Waals surface area contributed by atoms with Gasteiger partial charge in [-0.05, 0) is 6.08 Å². The van der Waals surface area contributed by atoms with E-state index in [9.17, 15) is 0 Å². The van der Waals surface area contributed by atoms with E-state index in [2.05, 4.69) is 34.0 Å². The Labute approximate surface area is 57.4 Å². The zero-order chi connectivity index (χ0) is 6.57. The van der Waals surface area contributed by atoms with Crippen molar-refractivity contribution in [1.82, 2.24) is 4.30 Å². The van der Waals surface area contributed by atoms with Crippen LogP contribution in [0.1, 0.15) is 0 Å². The van der Waals surface area contributed by atoms with Crippen molar-refractivity contribution < 1.29 is 0 Å². The Kier molecular flexibility index (Phi) is 3.26. The fourth-order valence-electron chi connectivity index (χ4n) is 0.201. The fraction of sp³-hybridized carbons (Fsp3) is 0. The van der Waals surface area contributed by atoms with Crippen LogP contribution in [-0.4, -0.2) is 22.2 Å². The first kappa shape index (κ1) is 7.48. The first-order valence-corrected chi connectivity index (χ1v) is 2.67. The molecular formula is C5H7AlN2. The molecule has 0 saturated carbocycles. The average molecular weight is 122 g/mol. The minimum atomic E-state index is 0.319. The molecule has 0 spiro atoms. The van der Waals surface area contributed by atoms with E-state index in [1.165, 1.54) is 6.08 Å². The molecule has 0 saturated heterocycles. The standard InChI is InChI=1S/C5H7N2.Al/c1-3-5(7)4(2)6;/h3,6-7H,1-2H2;/q-1;+1. The molecule has 0 unspecified atom stereocenters. The molecule has 0 atom stereocenters. The molecule has 3 heteroatoms. The second-order valence-corrected chi connectivity index (χ2v) is 1.53. The SMILES string of the molecule is C=CC(=N)C(=C)[NH][Al]. The van der Waals surface area contributed by atoms with E-state index in [1.54, 1.807) is 0 Å². The van der Waals surface area contributed by atoms with Crippen molar-refractivity contribution in [2.75, 3.05) is 0 Å². The van der Waals surface area contributed by atoms with Crippen molar-refractivity contribution in [3.8, 4) is 0 Å². The maximum atomic E-state index is 7.05. The highest BCUT2D eigenvalue weighted by Gasteiger charge is 1.88. The normalized spacial score (nSPS) is 7.50. The summed E-state index contributed by atoms with van der Waals surface area (Å²) in [5, 5.41) is 7.05. The molecule has 0 heterocycles. The quantitative estimate of drug-likeness (QED) is 0.412. The molecule has 0 aromatic carbocycles. The second-order valence-electron chi connectivity index (χ2n) is 1.24. The van der Waals surface area contributed by atoms with E-state index < -0.39 is 0 Å². The van der Waals surface area contributed by atoms with Gasteiger partial charge in [0.25, 0.3) is 0 Å². The van der Waals surface area contributed by atoms with E-state index in [0.29, 0.717) is 11.4 Å². The average Bonchev–Trinajstić information content (AvgIpc) is 1.84. The Morgan fingerprint density at radius 1 is 1.75 bits per heavy atom. The van der Waals surface area contributed by atoms with Crippen LogP contribution in [-0.2, 0) is 0 Å². The van der Waals surface area contributed by atoms with Crippen molar-refractivity contribution >= 4 is 22.2 Å². The van der Waals surface area contributed by atoms with Crippen LogP contribution in [0.2, 0.25) is 0 Å². The smallest absolute Gasteiger partial charge is 0.305 e. The second kappa shape index (κ2) is 3.48. The van der Waals surface area contributed by atoms with E-state index in [-0.39, 0.29) is 0 Å². The minimum absolute atomic E-state index is 0.319. The van der Waals surface area contributed by atoms with Gasteiger partial charge in [0, 0.05) is 5.70 Å². The molecule has 0 aromatic heterocycles. The third-order valence-electron chi connectivity index (χ3n) is 0.703. The van der Waals surface area contributed by atoms with Crippen LogP contribution in [0.25, 0.3) is 0 Å². The summed E-state index contributed by atoms with van der Waals surface area (Å²) in [5.74, 6) is 0. The van der Waals surface area contributed by atoms with Gasteiger partial charge in [0.15, 0.2) is 0 Å². The Bertz CT molecular complexity index is 128. The number of hydrogen-bond donors (Lipinski definition) is 2. The molecule has 8 heavy (non-hydrogen) atoms.